The monoisotopic (exact) mass is 290 g/mol. The molecule has 21 heavy (non-hydrogen) atoms. The summed E-state index contributed by atoms with van der Waals surface area (Å²) in [5, 5.41) is 22.7. The fraction of sp³-hybridized carbons (Fsp3) is 0.214. The SMILES string of the molecule is Cc1cc(C(=O)NC(CO)c2ccco2)cc([N+](=O)[O-])c1. The Bertz CT molecular complexity index is 651. The van der Waals surface area contributed by atoms with E-state index in [1.165, 1.54) is 18.4 Å². The number of benzene rings is 1. The lowest BCUT2D eigenvalue weighted by atomic mass is 10.1. The van der Waals surface area contributed by atoms with Gasteiger partial charge in [0.05, 0.1) is 17.8 Å². The van der Waals surface area contributed by atoms with Crippen LogP contribution in [0.25, 0.3) is 0 Å². The molecule has 0 aliphatic carbocycles. The molecule has 1 atom stereocenters. The highest BCUT2D eigenvalue weighted by molar-refractivity contribution is 5.95. The summed E-state index contributed by atoms with van der Waals surface area (Å²) in [6.07, 6.45) is 1.43. The molecule has 0 saturated heterocycles. The molecule has 1 aromatic carbocycles. The minimum Gasteiger partial charge on any atom is -0.467 e. The average Bonchev–Trinajstić information content (AvgIpc) is 2.97. The number of aliphatic hydroxyl groups is 1. The number of nitrogens with one attached hydrogen (secondary N) is 1. The zero-order valence-corrected chi connectivity index (χ0v) is 11.3. The van der Waals surface area contributed by atoms with Crippen LogP contribution in [0.15, 0.2) is 41.0 Å². The summed E-state index contributed by atoms with van der Waals surface area (Å²) in [5.41, 5.74) is 0.610. The van der Waals surface area contributed by atoms with Crippen LogP contribution < -0.4 is 5.32 Å². The summed E-state index contributed by atoms with van der Waals surface area (Å²) in [7, 11) is 0. The Morgan fingerprint density at radius 2 is 2.24 bits per heavy atom. The van der Waals surface area contributed by atoms with E-state index >= 15 is 0 Å². The summed E-state index contributed by atoms with van der Waals surface area (Å²) in [6.45, 7) is 1.33. The zero-order valence-electron chi connectivity index (χ0n) is 11.3. The predicted molar refractivity (Wildman–Crippen MR) is 73.8 cm³/mol. The molecule has 1 heterocycles. The molecular weight excluding hydrogens is 276 g/mol. The van der Waals surface area contributed by atoms with Crippen LogP contribution in [0.4, 0.5) is 5.69 Å². The third-order valence-corrected chi connectivity index (χ3v) is 2.91. The number of aryl methyl sites for hydroxylation is 1. The Kier molecular flexibility index (Phi) is 4.34. The molecule has 0 saturated carbocycles. The molecule has 0 spiro atoms. The molecule has 7 nitrogen and oxygen atoms in total. The van der Waals surface area contributed by atoms with Crippen molar-refractivity contribution in [3.05, 3.63) is 63.6 Å². The van der Waals surface area contributed by atoms with E-state index in [9.17, 15) is 20.0 Å². The first-order valence-corrected chi connectivity index (χ1v) is 6.22. The third-order valence-electron chi connectivity index (χ3n) is 2.91. The fourth-order valence-corrected chi connectivity index (χ4v) is 1.94. The van der Waals surface area contributed by atoms with E-state index < -0.39 is 16.9 Å². The van der Waals surface area contributed by atoms with Gasteiger partial charge in [-0.05, 0) is 30.7 Å². The van der Waals surface area contributed by atoms with Gasteiger partial charge in [-0.15, -0.1) is 0 Å². The van der Waals surface area contributed by atoms with Crippen LogP contribution in [0.1, 0.15) is 27.7 Å². The standard InChI is InChI=1S/C14H14N2O5/c1-9-5-10(7-11(6-9)16(19)20)14(18)15-12(8-17)13-3-2-4-21-13/h2-7,12,17H,8H2,1H3,(H,15,18). The first-order valence-electron chi connectivity index (χ1n) is 6.22. The summed E-state index contributed by atoms with van der Waals surface area (Å²) >= 11 is 0. The van der Waals surface area contributed by atoms with Crippen LogP contribution in [0.2, 0.25) is 0 Å². The highest BCUT2D eigenvalue weighted by Crippen LogP contribution is 2.18. The van der Waals surface area contributed by atoms with Crippen molar-refractivity contribution in [1.82, 2.24) is 5.32 Å². The molecule has 0 bridgehead atoms. The second-order valence-electron chi connectivity index (χ2n) is 4.54. The van der Waals surface area contributed by atoms with Crippen molar-refractivity contribution >= 4 is 11.6 Å². The number of hydrogen-bond donors (Lipinski definition) is 2. The van der Waals surface area contributed by atoms with E-state index in [0.717, 1.165) is 0 Å². The maximum atomic E-state index is 12.1. The minimum atomic E-state index is -0.702. The highest BCUT2D eigenvalue weighted by Gasteiger charge is 2.19. The molecular formula is C14H14N2O5. The second kappa shape index (κ2) is 6.19. The van der Waals surface area contributed by atoms with Gasteiger partial charge >= 0.3 is 0 Å². The fourth-order valence-electron chi connectivity index (χ4n) is 1.94. The smallest absolute Gasteiger partial charge is 0.270 e. The first-order chi connectivity index (χ1) is 10.0. The van der Waals surface area contributed by atoms with Gasteiger partial charge in [0, 0.05) is 17.7 Å². The number of nitro benzene ring substituents is 1. The molecule has 0 fully saturated rings. The van der Waals surface area contributed by atoms with Gasteiger partial charge in [0.15, 0.2) is 0 Å². The average molecular weight is 290 g/mol. The van der Waals surface area contributed by atoms with Gasteiger partial charge in [-0.25, -0.2) is 0 Å². The molecule has 2 rings (SSSR count). The Morgan fingerprint density at radius 1 is 1.48 bits per heavy atom. The molecule has 0 radical (unpaired) electrons. The largest absolute Gasteiger partial charge is 0.467 e. The van der Waals surface area contributed by atoms with Gasteiger partial charge in [-0.1, -0.05) is 0 Å². The van der Waals surface area contributed by atoms with Gasteiger partial charge in [0.1, 0.15) is 11.8 Å². The lowest BCUT2D eigenvalue weighted by molar-refractivity contribution is -0.384. The molecule has 1 aromatic heterocycles. The van der Waals surface area contributed by atoms with E-state index in [4.69, 9.17) is 4.42 Å². The van der Waals surface area contributed by atoms with E-state index in [0.29, 0.717) is 11.3 Å². The number of furan rings is 1. The van der Waals surface area contributed by atoms with E-state index in [1.54, 1.807) is 25.1 Å². The predicted octanol–water partition coefficient (Wildman–Crippen LogP) is 1.96. The van der Waals surface area contributed by atoms with Crippen molar-refractivity contribution in [2.75, 3.05) is 6.61 Å². The van der Waals surface area contributed by atoms with Crippen LogP contribution in [0.5, 0.6) is 0 Å². The minimum absolute atomic E-state index is 0.154. The second-order valence-corrected chi connectivity index (χ2v) is 4.54. The Labute approximate surface area is 120 Å². The van der Waals surface area contributed by atoms with E-state index in [-0.39, 0.29) is 17.9 Å². The van der Waals surface area contributed by atoms with Crippen molar-refractivity contribution in [1.29, 1.82) is 0 Å². The number of nitrogens with zero attached hydrogens (tertiary/aromatic N) is 1. The Hall–Kier alpha value is -2.67. The maximum absolute atomic E-state index is 12.1. The maximum Gasteiger partial charge on any atom is 0.270 e. The van der Waals surface area contributed by atoms with E-state index in [1.807, 2.05) is 0 Å². The number of carbonyl (C=O) groups is 1. The van der Waals surface area contributed by atoms with Gasteiger partial charge in [-0.2, -0.15) is 0 Å². The number of non-ortho nitro benzene ring substituents is 1. The number of nitro groups is 1. The van der Waals surface area contributed by atoms with Crippen LogP contribution >= 0.6 is 0 Å². The van der Waals surface area contributed by atoms with Crippen molar-refractivity contribution < 1.29 is 19.2 Å². The molecule has 0 aliphatic rings. The number of carbonyl (C=O) groups excluding carboxylic acids is 1. The van der Waals surface area contributed by atoms with Crippen molar-refractivity contribution in [2.45, 2.75) is 13.0 Å². The Morgan fingerprint density at radius 3 is 2.81 bits per heavy atom. The summed E-state index contributed by atoms with van der Waals surface area (Å²) in [6, 6.07) is 6.68. The van der Waals surface area contributed by atoms with Gasteiger partial charge in [0.25, 0.3) is 11.6 Å². The zero-order chi connectivity index (χ0) is 15.4. The quantitative estimate of drug-likeness (QED) is 0.646. The number of rotatable bonds is 5. The number of amides is 1. The molecule has 0 aliphatic heterocycles. The molecule has 2 N–H and O–H groups in total. The first kappa shape index (κ1) is 14.7. The van der Waals surface area contributed by atoms with Gasteiger partial charge < -0.3 is 14.8 Å². The molecule has 1 amide bonds. The summed E-state index contributed by atoms with van der Waals surface area (Å²) in [4.78, 5) is 22.4. The lowest BCUT2D eigenvalue weighted by Gasteiger charge is -2.14. The molecule has 7 heteroatoms. The van der Waals surface area contributed by atoms with Crippen LogP contribution in [-0.4, -0.2) is 22.5 Å². The van der Waals surface area contributed by atoms with Crippen molar-refractivity contribution in [3.63, 3.8) is 0 Å². The summed E-state index contributed by atoms with van der Waals surface area (Å²) < 4.78 is 5.13. The topological polar surface area (TPSA) is 106 Å². The van der Waals surface area contributed by atoms with Crippen LogP contribution in [0.3, 0.4) is 0 Å². The van der Waals surface area contributed by atoms with Gasteiger partial charge in [-0.3, -0.25) is 14.9 Å². The van der Waals surface area contributed by atoms with Gasteiger partial charge in [0.2, 0.25) is 0 Å². The normalized spacial score (nSPS) is 11.9. The Balaban J connectivity index is 2.22. The number of aliphatic hydroxyl groups excluding tert-OH is 1. The molecule has 2 aromatic rings. The van der Waals surface area contributed by atoms with E-state index in [2.05, 4.69) is 5.32 Å². The van der Waals surface area contributed by atoms with Crippen LogP contribution in [-0.2, 0) is 0 Å². The van der Waals surface area contributed by atoms with Crippen molar-refractivity contribution in [3.8, 4) is 0 Å². The molecule has 110 valence electrons. The van der Waals surface area contributed by atoms with Crippen LogP contribution in [0, 0.1) is 17.0 Å². The number of hydrogen-bond acceptors (Lipinski definition) is 5. The summed E-state index contributed by atoms with van der Waals surface area (Å²) in [5.74, 6) is -0.106. The third kappa shape index (κ3) is 3.46. The molecule has 1 unspecified atom stereocenters. The van der Waals surface area contributed by atoms with Crippen molar-refractivity contribution in [2.24, 2.45) is 0 Å². The lowest BCUT2D eigenvalue weighted by Crippen LogP contribution is -2.30. The highest BCUT2D eigenvalue weighted by atomic mass is 16.6.